The van der Waals surface area contributed by atoms with Gasteiger partial charge in [0, 0.05) is 22.5 Å². The number of hydrogen-bond donors (Lipinski definition) is 0. The maximum atomic E-state index is 5.60. The van der Waals surface area contributed by atoms with Crippen LogP contribution in [-0.2, 0) is 6.42 Å². The van der Waals surface area contributed by atoms with Gasteiger partial charge >= 0.3 is 0 Å². The first kappa shape index (κ1) is 18.7. The quantitative estimate of drug-likeness (QED) is 0.608. The Labute approximate surface area is 169 Å². The van der Waals surface area contributed by atoms with Gasteiger partial charge in [0.15, 0.2) is 0 Å². The van der Waals surface area contributed by atoms with Crippen molar-refractivity contribution in [1.29, 1.82) is 0 Å². The number of fused-ring (bicyclic) bond motifs is 1. The zero-order valence-corrected chi connectivity index (χ0v) is 17.4. The lowest BCUT2D eigenvalue weighted by atomic mass is 9.90. The van der Waals surface area contributed by atoms with E-state index in [0.717, 1.165) is 46.8 Å². The molecule has 0 saturated heterocycles. The predicted octanol–water partition coefficient (Wildman–Crippen LogP) is 5.12. The number of nitrogens with zero attached hydrogens (tertiary/aromatic N) is 3. The third-order valence-electron chi connectivity index (χ3n) is 4.85. The second-order valence-corrected chi connectivity index (χ2v) is 8.03. The summed E-state index contributed by atoms with van der Waals surface area (Å²) in [4.78, 5) is 5.72. The number of thiazole rings is 1. The molecule has 0 N–H and O–H groups in total. The highest BCUT2D eigenvalue weighted by atomic mass is 32.1. The molecule has 0 atom stereocenters. The molecule has 0 fully saturated rings. The van der Waals surface area contributed by atoms with Crippen molar-refractivity contribution in [1.82, 2.24) is 4.68 Å². The zero-order valence-electron chi connectivity index (χ0n) is 16.6. The van der Waals surface area contributed by atoms with Crippen molar-refractivity contribution in [2.24, 2.45) is 10.1 Å². The summed E-state index contributed by atoms with van der Waals surface area (Å²) in [5, 5.41) is 7.24. The van der Waals surface area contributed by atoms with Gasteiger partial charge in [-0.1, -0.05) is 36.4 Å². The number of rotatable bonds is 4. The van der Waals surface area contributed by atoms with Gasteiger partial charge in [-0.3, -0.25) is 4.99 Å². The summed E-state index contributed by atoms with van der Waals surface area (Å²) in [5.74, 6) is 0.842. The molecule has 0 amide bonds. The van der Waals surface area contributed by atoms with Gasteiger partial charge in [-0.15, -0.1) is 11.3 Å². The minimum Gasteiger partial charge on any atom is -0.496 e. The number of aryl methyl sites for hydroxylation is 1. The summed E-state index contributed by atoms with van der Waals surface area (Å²) in [6.07, 6.45) is 3.22. The van der Waals surface area contributed by atoms with Crippen LogP contribution in [0.4, 0.5) is 0 Å². The minimum atomic E-state index is 0.203. The summed E-state index contributed by atoms with van der Waals surface area (Å²) >= 11 is 1.62. The van der Waals surface area contributed by atoms with E-state index in [1.165, 1.54) is 11.1 Å². The molecular formula is C23H25N3OS. The second-order valence-electron chi connectivity index (χ2n) is 7.20. The van der Waals surface area contributed by atoms with Gasteiger partial charge in [0.2, 0.25) is 4.80 Å². The molecular weight excluding hydrogens is 366 g/mol. The molecule has 1 aliphatic rings. The molecule has 3 aromatic rings. The Morgan fingerprint density at radius 2 is 1.75 bits per heavy atom. The molecule has 0 unspecified atom stereocenters. The van der Waals surface area contributed by atoms with E-state index in [-0.39, 0.29) is 6.04 Å². The first-order valence-electron chi connectivity index (χ1n) is 9.71. The van der Waals surface area contributed by atoms with Crippen LogP contribution < -0.4 is 9.54 Å². The van der Waals surface area contributed by atoms with E-state index in [0.29, 0.717) is 0 Å². The highest BCUT2D eigenvalue weighted by Gasteiger charge is 2.18. The van der Waals surface area contributed by atoms with Gasteiger partial charge in [-0.05, 0) is 50.8 Å². The van der Waals surface area contributed by atoms with Gasteiger partial charge in [0.05, 0.1) is 18.5 Å². The molecule has 4 rings (SSSR count). The molecule has 1 aliphatic carbocycles. The van der Waals surface area contributed by atoms with E-state index >= 15 is 0 Å². The van der Waals surface area contributed by atoms with Crippen LogP contribution in [0.15, 0.2) is 64.0 Å². The summed E-state index contributed by atoms with van der Waals surface area (Å²) in [5.41, 5.74) is 5.80. The Morgan fingerprint density at radius 1 is 1.00 bits per heavy atom. The van der Waals surface area contributed by atoms with Gasteiger partial charge in [0.25, 0.3) is 0 Å². The Hall–Kier alpha value is -2.66. The zero-order chi connectivity index (χ0) is 19.5. The van der Waals surface area contributed by atoms with Gasteiger partial charge in [-0.2, -0.15) is 5.10 Å². The number of hydrogen-bond acceptors (Lipinski definition) is 4. The number of benzene rings is 2. The predicted molar refractivity (Wildman–Crippen MR) is 116 cm³/mol. The van der Waals surface area contributed by atoms with E-state index in [2.05, 4.69) is 49.6 Å². The van der Waals surface area contributed by atoms with E-state index in [4.69, 9.17) is 14.8 Å². The first-order chi connectivity index (χ1) is 13.7. The van der Waals surface area contributed by atoms with Gasteiger partial charge < -0.3 is 4.74 Å². The van der Waals surface area contributed by atoms with Crippen LogP contribution in [0.2, 0.25) is 0 Å². The van der Waals surface area contributed by atoms with E-state index < -0.39 is 0 Å². The molecule has 0 radical (unpaired) electrons. The molecule has 1 aromatic heterocycles. The van der Waals surface area contributed by atoms with Gasteiger partial charge in [0.1, 0.15) is 5.75 Å². The maximum absolute atomic E-state index is 5.60. The average Bonchev–Trinajstić information content (AvgIpc) is 3.09. The topological polar surface area (TPSA) is 38.9 Å². The summed E-state index contributed by atoms with van der Waals surface area (Å²) < 4.78 is 7.60. The average molecular weight is 392 g/mol. The van der Waals surface area contributed by atoms with Crippen LogP contribution in [0.25, 0.3) is 11.3 Å². The first-order valence-corrected chi connectivity index (χ1v) is 10.6. The molecule has 2 aromatic carbocycles. The molecule has 0 bridgehead atoms. The number of aromatic nitrogens is 1. The smallest absolute Gasteiger partial charge is 0.206 e. The molecule has 144 valence electrons. The normalized spacial score (nSPS) is 15.9. The van der Waals surface area contributed by atoms with E-state index in [1.807, 2.05) is 22.9 Å². The van der Waals surface area contributed by atoms with Crippen molar-refractivity contribution in [2.45, 2.75) is 39.2 Å². The fourth-order valence-corrected chi connectivity index (χ4v) is 4.53. The lowest BCUT2D eigenvalue weighted by molar-refractivity contribution is 0.416. The number of para-hydroxylation sites is 1. The van der Waals surface area contributed by atoms with Crippen LogP contribution in [0.1, 0.15) is 37.8 Å². The Bertz CT molecular complexity index is 1080. The van der Waals surface area contributed by atoms with Crippen molar-refractivity contribution in [2.75, 3.05) is 7.11 Å². The van der Waals surface area contributed by atoms with E-state index in [9.17, 15) is 0 Å². The molecule has 0 spiro atoms. The highest BCUT2D eigenvalue weighted by Crippen LogP contribution is 2.30. The van der Waals surface area contributed by atoms with Crippen LogP contribution in [-0.4, -0.2) is 23.5 Å². The molecule has 0 aliphatic heterocycles. The fourth-order valence-electron chi connectivity index (χ4n) is 3.57. The summed E-state index contributed by atoms with van der Waals surface area (Å²) in [6, 6.07) is 16.9. The van der Waals surface area contributed by atoms with E-state index in [1.54, 1.807) is 18.4 Å². The summed E-state index contributed by atoms with van der Waals surface area (Å²) in [7, 11) is 1.71. The van der Waals surface area contributed by atoms with Crippen molar-refractivity contribution in [3.63, 3.8) is 0 Å². The Kier molecular flexibility index (Phi) is 5.44. The Morgan fingerprint density at radius 3 is 2.54 bits per heavy atom. The third kappa shape index (κ3) is 3.67. The Balaban J connectivity index is 1.93. The monoisotopic (exact) mass is 391 g/mol. The number of ether oxygens (including phenoxy) is 1. The van der Waals surface area contributed by atoms with Gasteiger partial charge in [-0.25, -0.2) is 4.68 Å². The second kappa shape index (κ2) is 8.15. The SMILES string of the molecule is COc1ccccc1-c1csc(=NC(C)C)n1N=C1CCCc2ccccc21. The maximum Gasteiger partial charge on any atom is 0.206 e. The van der Waals surface area contributed by atoms with Crippen LogP contribution in [0.3, 0.4) is 0 Å². The number of methoxy groups -OCH3 is 1. The van der Waals surface area contributed by atoms with Crippen LogP contribution in [0, 0.1) is 0 Å². The molecule has 5 heteroatoms. The third-order valence-corrected chi connectivity index (χ3v) is 5.68. The highest BCUT2D eigenvalue weighted by molar-refractivity contribution is 7.07. The summed E-state index contributed by atoms with van der Waals surface area (Å²) in [6.45, 7) is 4.19. The standard InChI is InChI=1S/C23H25N3OS/c1-16(2)24-23-26(21(15-28-23)19-12-6-7-14-22(19)27-3)25-20-13-8-10-17-9-4-5-11-18(17)20/h4-7,9,11-12,14-16H,8,10,13H2,1-3H3. The minimum absolute atomic E-state index is 0.203. The van der Waals surface area contributed by atoms with Crippen molar-refractivity contribution in [3.8, 4) is 17.0 Å². The molecule has 0 saturated carbocycles. The van der Waals surface area contributed by atoms with Crippen molar-refractivity contribution < 1.29 is 4.74 Å². The van der Waals surface area contributed by atoms with Crippen molar-refractivity contribution >= 4 is 17.0 Å². The largest absolute Gasteiger partial charge is 0.496 e. The molecule has 28 heavy (non-hydrogen) atoms. The lowest BCUT2D eigenvalue weighted by Crippen LogP contribution is -2.19. The van der Waals surface area contributed by atoms with Crippen LogP contribution >= 0.6 is 11.3 Å². The van der Waals surface area contributed by atoms with Crippen LogP contribution in [0.5, 0.6) is 5.75 Å². The van der Waals surface area contributed by atoms with Crippen molar-refractivity contribution in [3.05, 3.63) is 69.8 Å². The lowest BCUT2D eigenvalue weighted by Gasteiger charge is -2.18. The molecule has 4 nitrogen and oxygen atoms in total. The fraction of sp³-hybridized carbons (Fsp3) is 0.304. The molecule has 1 heterocycles.